The Kier molecular flexibility index (Phi) is 5.65. The van der Waals surface area contributed by atoms with Gasteiger partial charge >= 0.3 is 5.97 Å². The van der Waals surface area contributed by atoms with Crippen LogP contribution in [-0.2, 0) is 0 Å². The number of halogens is 1. The highest BCUT2D eigenvalue weighted by Gasteiger charge is 2.19. The van der Waals surface area contributed by atoms with Gasteiger partial charge in [0.2, 0.25) is 0 Å². The quantitative estimate of drug-likeness (QED) is 0.867. The number of hydrogen-bond acceptors (Lipinski definition) is 3. The molecule has 0 bridgehead atoms. The first kappa shape index (κ1) is 15.3. The van der Waals surface area contributed by atoms with Gasteiger partial charge in [0, 0.05) is 13.1 Å². The van der Waals surface area contributed by atoms with Gasteiger partial charge in [-0.1, -0.05) is 31.5 Å². The predicted octanol–water partition coefficient (Wildman–Crippen LogP) is 3.41. The van der Waals surface area contributed by atoms with Crippen LogP contribution in [0.2, 0.25) is 5.02 Å². The number of carbonyl (C=O) groups is 1. The molecule has 5 heteroatoms. The molecule has 0 aromatic heterocycles. The van der Waals surface area contributed by atoms with Crippen LogP contribution in [-0.4, -0.2) is 24.2 Å². The number of carboxylic acids is 1. The Balaban J connectivity index is 3.17. The normalized spacial score (nSPS) is 10.3. The molecule has 0 fully saturated rings. The van der Waals surface area contributed by atoms with Crippen molar-refractivity contribution in [3.05, 3.63) is 28.8 Å². The number of carboxylic acid groups (broad SMARTS) is 1. The number of hydrogen-bond donors (Lipinski definition) is 1. The van der Waals surface area contributed by atoms with E-state index in [1.165, 1.54) is 0 Å². The van der Waals surface area contributed by atoms with E-state index < -0.39 is 5.97 Å². The molecule has 1 N–H and O–H groups in total. The van der Waals surface area contributed by atoms with E-state index >= 15 is 0 Å². The van der Waals surface area contributed by atoms with Crippen molar-refractivity contribution in [2.24, 2.45) is 5.92 Å². The number of rotatable bonds is 6. The lowest BCUT2D eigenvalue weighted by atomic mass is 10.1. The van der Waals surface area contributed by atoms with Crippen LogP contribution in [0.25, 0.3) is 0 Å². The van der Waals surface area contributed by atoms with Crippen molar-refractivity contribution in [1.82, 2.24) is 0 Å². The summed E-state index contributed by atoms with van der Waals surface area (Å²) in [6, 6.07) is 7.10. The van der Waals surface area contributed by atoms with Gasteiger partial charge in [-0.3, -0.25) is 0 Å². The third-order valence-corrected chi connectivity index (χ3v) is 2.94. The van der Waals surface area contributed by atoms with Crippen molar-refractivity contribution in [1.29, 1.82) is 5.26 Å². The van der Waals surface area contributed by atoms with E-state index in [9.17, 15) is 9.90 Å². The Morgan fingerprint density at radius 1 is 1.53 bits per heavy atom. The van der Waals surface area contributed by atoms with E-state index in [-0.39, 0.29) is 10.6 Å². The van der Waals surface area contributed by atoms with Crippen LogP contribution in [0.5, 0.6) is 0 Å². The summed E-state index contributed by atoms with van der Waals surface area (Å²) in [6.07, 6.45) is 0.346. The van der Waals surface area contributed by atoms with Gasteiger partial charge in [-0.25, -0.2) is 4.79 Å². The summed E-state index contributed by atoms with van der Waals surface area (Å²) in [6.45, 7) is 5.27. The fourth-order valence-corrected chi connectivity index (χ4v) is 2.17. The molecular weight excluding hydrogens is 264 g/mol. The summed E-state index contributed by atoms with van der Waals surface area (Å²) in [5.74, 6) is -0.689. The molecule has 1 aromatic carbocycles. The van der Waals surface area contributed by atoms with Gasteiger partial charge < -0.3 is 10.0 Å². The molecule has 0 atom stereocenters. The summed E-state index contributed by atoms with van der Waals surface area (Å²) in [5.41, 5.74) is 0.673. The van der Waals surface area contributed by atoms with Gasteiger partial charge in [0.05, 0.1) is 23.2 Å². The Bertz CT molecular complexity index is 495. The third-order valence-electron chi connectivity index (χ3n) is 2.63. The van der Waals surface area contributed by atoms with Crippen LogP contribution in [0.1, 0.15) is 30.6 Å². The predicted molar refractivity (Wildman–Crippen MR) is 75.7 cm³/mol. The van der Waals surface area contributed by atoms with E-state index in [2.05, 4.69) is 6.07 Å². The Hall–Kier alpha value is -1.73. The second kappa shape index (κ2) is 7.01. The highest BCUT2D eigenvalue weighted by molar-refractivity contribution is 6.34. The van der Waals surface area contributed by atoms with Crippen LogP contribution in [0.4, 0.5) is 5.69 Å². The fraction of sp³-hybridized carbons (Fsp3) is 0.429. The van der Waals surface area contributed by atoms with Crippen molar-refractivity contribution in [3.8, 4) is 6.07 Å². The van der Waals surface area contributed by atoms with Crippen molar-refractivity contribution in [2.45, 2.75) is 20.3 Å². The lowest BCUT2D eigenvalue weighted by Crippen LogP contribution is -2.30. The van der Waals surface area contributed by atoms with E-state index in [0.717, 1.165) is 0 Å². The topological polar surface area (TPSA) is 64.3 Å². The molecule has 0 aliphatic rings. The van der Waals surface area contributed by atoms with Gasteiger partial charge in [0.15, 0.2) is 0 Å². The molecule has 0 aliphatic carbocycles. The smallest absolute Gasteiger partial charge is 0.339 e. The molecular formula is C14H17ClN2O2. The number of benzene rings is 1. The van der Waals surface area contributed by atoms with Gasteiger partial charge in [0.1, 0.15) is 5.56 Å². The average Bonchev–Trinajstić information content (AvgIpc) is 2.33. The van der Waals surface area contributed by atoms with Gasteiger partial charge in [0.25, 0.3) is 0 Å². The first-order valence-corrected chi connectivity index (χ1v) is 6.48. The SMILES string of the molecule is CC(C)CN(CCC#N)c1cccc(Cl)c1C(=O)O. The zero-order valence-electron chi connectivity index (χ0n) is 11.1. The maximum absolute atomic E-state index is 11.3. The van der Waals surface area contributed by atoms with Crippen LogP contribution in [0, 0.1) is 17.2 Å². The standard InChI is InChI=1S/C14H17ClN2O2/c1-10(2)9-17(8-4-7-16)12-6-3-5-11(15)13(12)14(18)19/h3,5-6,10H,4,8-9H2,1-2H3,(H,18,19). The van der Waals surface area contributed by atoms with Crippen LogP contribution < -0.4 is 4.90 Å². The molecule has 0 aliphatic heterocycles. The minimum atomic E-state index is -1.05. The molecule has 1 rings (SSSR count). The highest BCUT2D eigenvalue weighted by Crippen LogP contribution is 2.28. The molecule has 0 unspecified atom stereocenters. The monoisotopic (exact) mass is 280 g/mol. The third kappa shape index (κ3) is 4.15. The molecule has 102 valence electrons. The summed E-state index contributed by atoms with van der Waals surface area (Å²) < 4.78 is 0. The number of nitriles is 1. The lowest BCUT2D eigenvalue weighted by Gasteiger charge is -2.27. The second-order valence-electron chi connectivity index (χ2n) is 4.69. The van der Waals surface area contributed by atoms with E-state index in [1.54, 1.807) is 18.2 Å². The summed E-state index contributed by atoms with van der Waals surface area (Å²) in [5, 5.41) is 18.2. The first-order chi connectivity index (χ1) is 8.97. The van der Waals surface area contributed by atoms with E-state index in [1.807, 2.05) is 18.7 Å². The van der Waals surface area contributed by atoms with E-state index in [4.69, 9.17) is 16.9 Å². The van der Waals surface area contributed by atoms with Crippen molar-refractivity contribution < 1.29 is 9.90 Å². The maximum Gasteiger partial charge on any atom is 0.339 e. The van der Waals surface area contributed by atoms with Gasteiger partial charge in [-0.05, 0) is 18.1 Å². The highest BCUT2D eigenvalue weighted by atomic mass is 35.5. The van der Waals surface area contributed by atoms with Crippen LogP contribution >= 0.6 is 11.6 Å². The molecule has 19 heavy (non-hydrogen) atoms. The molecule has 0 amide bonds. The minimum Gasteiger partial charge on any atom is -0.478 e. The molecule has 0 radical (unpaired) electrons. The van der Waals surface area contributed by atoms with Gasteiger partial charge in [-0.15, -0.1) is 0 Å². The summed E-state index contributed by atoms with van der Waals surface area (Å²) in [7, 11) is 0. The zero-order chi connectivity index (χ0) is 14.4. The Morgan fingerprint density at radius 3 is 2.74 bits per heavy atom. The number of nitrogens with zero attached hydrogens (tertiary/aromatic N) is 2. The maximum atomic E-state index is 11.3. The minimum absolute atomic E-state index is 0.0998. The van der Waals surface area contributed by atoms with Gasteiger partial charge in [-0.2, -0.15) is 5.26 Å². The zero-order valence-corrected chi connectivity index (χ0v) is 11.8. The second-order valence-corrected chi connectivity index (χ2v) is 5.09. The molecule has 1 aromatic rings. The molecule has 0 heterocycles. The molecule has 0 saturated heterocycles. The summed E-state index contributed by atoms with van der Waals surface area (Å²) in [4.78, 5) is 13.2. The lowest BCUT2D eigenvalue weighted by molar-refractivity contribution is 0.0697. The average molecular weight is 281 g/mol. The molecule has 0 saturated carbocycles. The van der Waals surface area contributed by atoms with Crippen molar-refractivity contribution in [3.63, 3.8) is 0 Å². The Morgan fingerprint density at radius 2 is 2.21 bits per heavy atom. The van der Waals surface area contributed by atoms with E-state index in [0.29, 0.717) is 31.1 Å². The number of anilines is 1. The Labute approximate surface area is 118 Å². The number of aromatic carboxylic acids is 1. The first-order valence-electron chi connectivity index (χ1n) is 6.11. The summed E-state index contributed by atoms with van der Waals surface area (Å²) >= 11 is 5.97. The van der Waals surface area contributed by atoms with Crippen LogP contribution in [0.15, 0.2) is 18.2 Å². The van der Waals surface area contributed by atoms with Crippen molar-refractivity contribution in [2.75, 3.05) is 18.0 Å². The van der Waals surface area contributed by atoms with Crippen molar-refractivity contribution >= 4 is 23.3 Å². The molecule has 4 nitrogen and oxygen atoms in total. The fourth-order valence-electron chi connectivity index (χ4n) is 1.92. The largest absolute Gasteiger partial charge is 0.478 e. The van der Waals surface area contributed by atoms with Crippen LogP contribution in [0.3, 0.4) is 0 Å². The molecule has 0 spiro atoms.